The van der Waals surface area contributed by atoms with E-state index in [1.165, 1.54) is 16.2 Å². The van der Waals surface area contributed by atoms with Gasteiger partial charge in [-0.15, -0.1) is 23.1 Å². The number of thiophene rings is 1. The van der Waals surface area contributed by atoms with Crippen LogP contribution < -0.4 is 5.32 Å². The van der Waals surface area contributed by atoms with Crippen LogP contribution in [0.3, 0.4) is 0 Å². The fraction of sp³-hybridized carbons (Fsp3) is 0.304. The third-order valence-electron chi connectivity index (χ3n) is 4.89. The van der Waals surface area contributed by atoms with E-state index in [0.29, 0.717) is 22.9 Å². The van der Waals surface area contributed by atoms with Gasteiger partial charge in [0.2, 0.25) is 0 Å². The summed E-state index contributed by atoms with van der Waals surface area (Å²) in [6.45, 7) is 2.09. The molecule has 0 atom stereocenters. The Hall–Kier alpha value is -2.51. The maximum Gasteiger partial charge on any atom is 0.341 e. The van der Waals surface area contributed by atoms with Crippen molar-refractivity contribution in [1.82, 2.24) is 0 Å². The lowest BCUT2D eigenvalue weighted by atomic mass is 9.95. The molecular weight excluding hydrogens is 418 g/mol. The second-order valence-electron chi connectivity index (χ2n) is 6.96. The topological polar surface area (TPSA) is 68.5 Å². The highest BCUT2D eigenvalue weighted by molar-refractivity contribution is 7.98. The predicted molar refractivity (Wildman–Crippen MR) is 120 cm³/mol. The zero-order chi connectivity index (χ0) is 20.9. The zero-order valence-corrected chi connectivity index (χ0v) is 18.4. The van der Waals surface area contributed by atoms with Crippen LogP contribution in [0.4, 0.5) is 5.00 Å². The van der Waals surface area contributed by atoms with E-state index in [1.807, 2.05) is 36.4 Å². The molecule has 0 fully saturated rings. The summed E-state index contributed by atoms with van der Waals surface area (Å²) in [5, 5.41) is 3.45. The number of fused-ring (bicyclic) bond motifs is 1. The van der Waals surface area contributed by atoms with Gasteiger partial charge in [-0.05, 0) is 62.4 Å². The fourth-order valence-electron chi connectivity index (χ4n) is 3.49. The molecule has 0 unspecified atom stereocenters. The summed E-state index contributed by atoms with van der Waals surface area (Å²) in [4.78, 5) is 27.6. The number of rotatable bonds is 7. The van der Waals surface area contributed by atoms with Gasteiger partial charge in [-0.1, -0.05) is 18.2 Å². The number of esters is 1. The molecule has 0 saturated carbocycles. The number of hydrogen-bond donors (Lipinski definition) is 1. The van der Waals surface area contributed by atoms with Gasteiger partial charge < -0.3 is 14.5 Å². The molecule has 156 valence electrons. The highest BCUT2D eigenvalue weighted by Gasteiger charge is 2.28. The number of ether oxygens (including phenoxy) is 1. The summed E-state index contributed by atoms with van der Waals surface area (Å²) in [6.07, 6.45) is 3.93. The van der Waals surface area contributed by atoms with Gasteiger partial charge in [0.05, 0.1) is 17.9 Å². The van der Waals surface area contributed by atoms with Gasteiger partial charge >= 0.3 is 5.97 Å². The molecule has 0 bridgehead atoms. The van der Waals surface area contributed by atoms with Gasteiger partial charge in [-0.25, -0.2) is 4.79 Å². The first-order valence-electron chi connectivity index (χ1n) is 10.0. The number of amides is 1. The maximum atomic E-state index is 12.8. The van der Waals surface area contributed by atoms with Gasteiger partial charge in [0.15, 0.2) is 5.76 Å². The van der Waals surface area contributed by atoms with Crippen molar-refractivity contribution >= 4 is 40.0 Å². The van der Waals surface area contributed by atoms with E-state index < -0.39 is 0 Å². The Balaban J connectivity index is 1.48. The quantitative estimate of drug-likeness (QED) is 0.363. The third-order valence-corrected chi connectivity index (χ3v) is 7.13. The van der Waals surface area contributed by atoms with Gasteiger partial charge in [0, 0.05) is 9.77 Å². The van der Waals surface area contributed by atoms with Crippen LogP contribution in [-0.4, -0.2) is 18.5 Å². The number of carbonyl (C=O) groups is 2. The van der Waals surface area contributed by atoms with E-state index in [4.69, 9.17) is 9.15 Å². The SMILES string of the molecule is CCOC(=O)c1c(NC(=O)c2ccc(CSc3ccccc3)o2)sc2c1CCCC2. The normalized spacial score (nSPS) is 13.0. The van der Waals surface area contributed by atoms with Gasteiger partial charge in [0.25, 0.3) is 5.91 Å². The van der Waals surface area contributed by atoms with Crippen molar-refractivity contribution in [3.63, 3.8) is 0 Å². The van der Waals surface area contributed by atoms with Gasteiger partial charge in [-0.3, -0.25) is 4.79 Å². The Labute approximate surface area is 183 Å². The first-order chi connectivity index (χ1) is 14.7. The summed E-state index contributed by atoms with van der Waals surface area (Å²) < 4.78 is 11.0. The minimum absolute atomic E-state index is 0.236. The molecular formula is C23H23NO4S2. The molecule has 3 aromatic rings. The Morgan fingerprint density at radius 2 is 1.93 bits per heavy atom. The first-order valence-corrected chi connectivity index (χ1v) is 11.9. The molecule has 1 amide bonds. The summed E-state index contributed by atoms with van der Waals surface area (Å²) >= 11 is 3.12. The summed E-state index contributed by atoms with van der Waals surface area (Å²) in [7, 11) is 0. The number of thioether (sulfide) groups is 1. The molecule has 0 aliphatic heterocycles. The standard InChI is InChI=1S/C23H23NO4S2/c1-2-27-23(26)20-17-10-6-7-11-19(17)30-22(20)24-21(25)18-13-12-15(28-18)14-29-16-8-4-3-5-9-16/h3-5,8-9,12-13H,2,6-7,10-11,14H2,1H3,(H,24,25). The molecule has 30 heavy (non-hydrogen) atoms. The van der Waals surface area contributed by atoms with Crippen molar-refractivity contribution < 1.29 is 18.7 Å². The molecule has 0 saturated heterocycles. The lowest BCUT2D eigenvalue weighted by molar-refractivity contribution is 0.0526. The largest absolute Gasteiger partial charge is 0.462 e. The van der Waals surface area contributed by atoms with Crippen molar-refractivity contribution in [2.75, 3.05) is 11.9 Å². The van der Waals surface area contributed by atoms with E-state index in [0.717, 1.165) is 41.9 Å². The minimum atomic E-state index is -0.369. The van der Waals surface area contributed by atoms with Crippen molar-refractivity contribution in [3.8, 4) is 0 Å². The van der Waals surface area contributed by atoms with Crippen LogP contribution in [0.5, 0.6) is 0 Å². The lowest BCUT2D eigenvalue weighted by Gasteiger charge is -2.12. The third kappa shape index (κ3) is 4.63. The molecule has 2 heterocycles. The first kappa shape index (κ1) is 20.8. The average Bonchev–Trinajstić information content (AvgIpc) is 3.37. The van der Waals surface area contributed by atoms with Crippen molar-refractivity contribution in [3.05, 3.63) is 70.0 Å². The maximum absolute atomic E-state index is 12.8. The van der Waals surface area contributed by atoms with Crippen molar-refractivity contribution in [2.24, 2.45) is 0 Å². The van der Waals surface area contributed by atoms with Gasteiger partial charge in [0.1, 0.15) is 10.8 Å². The molecule has 1 N–H and O–H groups in total. The smallest absolute Gasteiger partial charge is 0.341 e. The molecule has 5 nitrogen and oxygen atoms in total. The van der Waals surface area contributed by atoms with E-state index in [2.05, 4.69) is 5.32 Å². The van der Waals surface area contributed by atoms with Crippen molar-refractivity contribution in [2.45, 2.75) is 43.3 Å². The van der Waals surface area contributed by atoms with Crippen LogP contribution in [0.15, 0.2) is 51.8 Å². The lowest BCUT2D eigenvalue weighted by Crippen LogP contribution is -2.15. The Bertz CT molecular complexity index is 1040. The van der Waals surface area contributed by atoms with Gasteiger partial charge in [-0.2, -0.15) is 0 Å². The summed E-state index contributed by atoms with van der Waals surface area (Å²) in [5.41, 5.74) is 1.54. The van der Waals surface area contributed by atoms with E-state index in [9.17, 15) is 9.59 Å². The second kappa shape index (κ2) is 9.53. The average molecular weight is 442 g/mol. The number of carbonyl (C=O) groups excluding carboxylic acids is 2. The van der Waals surface area contributed by atoms with Crippen LogP contribution in [-0.2, 0) is 23.3 Å². The van der Waals surface area contributed by atoms with E-state index >= 15 is 0 Å². The second-order valence-corrected chi connectivity index (χ2v) is 9.11. The molecule has 1 aliphatic carbocycles. The Kier molecular flexibility index (Phi) is 6.59. The van der Waals surface area contributed by atoms with Crippen LogP contribution in [0.2, 0.25) is 0 Å². The number of hydrogen-bond acceptors (Lipinski definition) is 6. The predicted octanol–water partition coefficient (Wildman–Crippen LogP) is 5.94. The fourth-order valence-corrected chi connectivity index (χ4v) is 5.57. The van der Waals surface area contributed by atoms with Crippen LogP contribution in [0.1, 0.15) is 56.9 Å². The molecule has 7 heteroatoms. The number of furan rings is 1. The van der Waals surface area contributed by atoms with Crippen LogP contribution in [0.25, 0.3) is 0 Å². The number of nitrogens with one attached hydrogen (secondary N) is 1. The summed E-state index contributed by atoms with van der Waals surface area (Å²) in [5.74, 6) is 0.880. The molecule has 0 spiro atoms. The highest BCUT2D eigenvalue weighted by Crippen LogP contribution is 2.39. The number of anilines is 1. The van der Waals surface area contributed by atoms with Crippen molar-refractivity contribution in [1.29, 1.82) is 0 Å². The highest BCUT2D eigenvalue weighted by atomic mass is 32.2. The summed E-state index contributed by atoms with van der Waals surface area (Å²) in [6, 6.07) is 13.5. The van der Waals surface area contributed by atoms with Crippen LogP contribution >= 0.6 is 23.1 Å². The molecule has 0 radical (unpaired) electrons. The molecule has 2 aromatic heterocycles. The van der Waals surface area contributed by atoms with E-state index in [1.54, 1.807) is 24.8 Å². The molecule has 1 aromatic carbocycles. The Morgan fingerprint density at radius 3 is 2.73 bits per heavy atom. The Morgan fingerprint density at radius 1 is 1.13 bits per heavy atom. The monoisotopic (exact) mass is 441 g/mol. The number of aryl methyl sites for hydroxylation is 1. The van der Waals surface area contributed by atoms with E-state index in [-0.39, 0.29) is 17.6 Å². The molecule has 1 aliphatic rings. The number of benzene rings is 1. The zero-order valence-electron chi connectivity index (χ0n) is 16.7. The molecule has 4 rings (SSSR count). The minimum Gasteiger partial charge on any atom is -0.462 e. The van der Waals surface area contributed by atoms with Crippen LogP contribution in [0, 0.1) is 0 Å².